The summed E-state index contributed by atoms with van der Waals surface area (Å²) < 4.78 is 24.9. The smallest absolute Gasteiger partial charge is 0.317 e. The molecule has 3 unspecified atom stereocenters. The van der Waals surface area contributed by atoms with Crippen LogP contribution in [0.25, 0.3) is 0 Å². The Morgan fingerprint density at radius 1 is 0.727 bits per heavy atom. The zero-order valence-electron chi connectivity index (χ0n) is 50.2. The van der Waals surface area contributed by atoms with Crippen LogP contribution < -0.4 is 21.3 Å². The number of fused-ring (bicyclic) bond motifs is 1. The van der Waals surface area contributed by atoms with Crippen molar-refractivity contribution in [1.29, 1.82) is 5.26 Å². The Morgan fingerprint density at radius 3 is 1.86 bits per heavy atom. The topological polar surface area (TPSA) is 329 Å². The second-order valence-corrected chi connectivity index (χ2v) is 23.2. The number of hydrogen-bond acceptors (Lipinski definition) is 16. The van der Waals surface area contributed by atoms with E-state index in [4.69, 9.17) is 5.26 Å². The number of rotatable bonds is 26. The van der Waals surface area contributed by atoms with E-state index >= 15 is 0 Å². The van der Waals surface area contributed by atoms with Crippen LogP contribution in [0.5, 0.6) is 0 Å². The first kappa shape index (κ1) is 69.4. The van der Waals surface area contributed by atoms with Crippen molar-refractivity contribution in [1.82, 2.24) is 60.5 Å². The number of benzene rings is 2. The van der Waals surface area contributed by atoms with Gasteiger partial charge in [-0.15, -0.1) is 0 Å². The van der Waals surface area contributed by atoms with Crippen LogP contribution in [0, 0.1) is 24.2 Å². The van der Waals surface area contributed by atoms with Gasteiger partial charge < -0.3 is 51.3 Å². The van der Waals surface area contributed by atoms with Gasteiger partial charge in [-0.05, 0) is 67.7 Å². The van der Waals surface area contributed by atoms with Gasteiger partial charge in [-0.1, -0.05) is 48.0 Å². The van der Waals surface area contributed by atoms with Gasteiger partial charge in [0.15, 0.2) is 0 Å². The molecule has 3 atom stereocenters. The van der Waals surface area contributed by atoms with Gasteiger partial charge in [0.1, 0.15) is 12.1 Å². The molecule has 88 heavy (non-hydrogen) atoms. The maximum Gasteiger partial charge on any atom is 0.317 e. The Kier molecular flexibility index (Phi) is 27.4. The number of amides is 7. The number of halogens is 2. The Morgan fingerprint density at radius 2 is 1.32 bits per heavy atom. The molecule has 0 aliphatic carbocycles. The Hall–Kier alpha value is -7.71. The number of carbonyl (C=O) groups excluding carboxylic acids is 7. The Labute approximate surface area is 511 Å². The lowest BCUT2D eigenvalue weighted by molar-refractivity contribution is -0.140. The number of carboxylic acid groups (broad SMARTS) is 3. The highest BCUT2D eigenvalue weighted by molar-refractivity contribution is 5.90. The van der Waals surface area contributed by atoms with Crippen LogP contribution in [0.3, 0.4) is 0 Å². The summed E-state index contributed by atoms with van der Waals surface area (Å²) in [6, 6.07) is 14.0. The number of alkyl halides is 2. The van der Waals surface area contributed by atoms with Crippen LogP contribution in [0.1, 0.15) is 79.2 Å². The fourth-order valence-corrected chi connectivity index (χ4v) is 11.4. The lowest BCUT2D eigenvalue weighted by atomic mass is 10.0. The number of carbonyl (C=O) groups is 10. The zero-order valence-corrected chi connectivity index (χ0v) is 50.2. The molecule has 26 nitrogen and oxygen atoms in total. The van der Waals surface area contributed by atoms with E-state index in [-0.39, 0.29) is 140 Å². The van der Waals surface area contributed by atoms with Crippen LogP contribution in [0.4, 0.5) is 8.78 Å². The van der Waals surface area contributed by atoms with Crippen LogP contribution >= 0.6 is 0 Å². The van der Waals surface area contributed by atoms with Gasteiger partial charge in [0.2, 0.25) is 41.9 Å². The van der Waals surface area contributed by atoms with Gasteiger partial charge in [0.05, 0.1) is 45.3 Å². The van der Waals surface area contributed by atoms with Gasteiger partial charge in [-0.25, -0.2) is 8.78 Å². The summed E-state index contributed by atoms with van der Waals surface area (Å²) in [7, 11) is 0. The standard InChI is InChI=1S/C54H79N11O12.C6H6F2N2O/c1-39-11-13-40(14-12-39)6-4-10-46(66)57-31-47(67)58-45(54(77)64-28-26-59(27-29-64)32-42-7-5-8-43-33-65(34-44(42)43)49(69)30-41-15-17-56-53(41)76)9-2-3-16-55-48(68)35-60-18-20-61(36-50(70)71)22-24-63(38-52(74)75)25-23-62(21-19-60)37-51(72)73;7-6(8)1-5(2-9)10(3-6)4-11/h5,7-8,11-14,41,45H,2-4,6,9-10,15-38H2,1H3,(H,55,68)(H,56,76)(H,57,66)(H,58,67)(H,70,71)(H,72,73)(H,74,75);4-5H,1,3H2. The Balaban J connectivity index is 0.00000101. The van der Waals surface area contributed by atoms with Crippen LogP contribution in [0.15, 0.2) is 42.5 Å². The van der Waals surface area contributed by atoms with Gasteiger partial charge in [0.25, 0.3) is 5.92 Å². The number of aliphatic carboxylic acids is 3. The summed E-state index contributed by atoms with van der Waals surface area (Å²) in [4.78, 5) is 138. The summed E-state index contributed by atoms with van der Waals surface area (Å²) in [5.41, 5.74) is 5.59. The minimum Gasteiger partial charge on any atom is -0.480 e. The molecule has 5 aliphatic heterocycles. The quantitative estimate of drug-likeness (QED) is 0.0473. The van der Waals surface area contributed by atoms with Crippen molar-refractivity contribution in [2.75, 3.05) is 131 Å². The van der Waals surface area contributed by atoms with E-state index in [2.05, 4.69) is 32.2 Å². The molecule has 2 aromatic rings. The first-order chi connectivity index (χ1) is 42.1. The number of nitrogens with zero attached hydrogens (tertiary/aromatic N) is 9. The molecule has 0 bridgehead atoms. The van der Waals surface area contributed by atoms with Gasteiger partial charge in [0, 0.05) is 136 Å². The first-order valence-electron chi connectivity index (χ1n) is 30.1. The number of carboxylic acids is 3. The second kappa shape index (κ2) is 34.7. The molecule has 2 aromatic carbocycles. The maximum atomic E-state index is 14.3. The number of likely N-dealkylation sites (tertiary alicyclic amines) is 1. The molecule has 0 aromatic heterocycles. The average Bonchev–Trinajstić information content (AvgIpc) is 2.67. The molecule has 0 saturated carbocycles. The molecule has 7 amide bonds. The fraction of sp³-hybridized carbons (Fsp3) is 0.617. The second-order valence-electron chi connectivity index (χ2n) is 23.2. The normalized spacial score (nSPS) is 20.0. The molecule has 4 saturated heterocycles. The van der Waals surface area contributed by atoms with Crippen molar-refractivity contribution in [3.8, 4) is 6.07 Å². The molecular weight excluding hydrogens is 1150 g/mol. The summed E-state index contributed by atoms with van der Waals surface area (Å²) in [6.07, 6.45) is 3.39. The molecule has 0 radical (unpaired) electrons. The summed E-state index contributed by atoms with van der Waals surface area (Å²) in [5.74, 6) is -7.70. The van der Waals surface area contributed by atoms with Crippen molar-refractivity contribution < 1.29 is 72.0 Å². The number of aryl methyl sites for hydroxylation is 2. The highest BCUT2D eigenvalue weighted by atomic mass is 19.3. The van der Waals surface area contributed by atoms with Gasteiger partial charge in [-0.3, -0.25) is 72.4 Å². The van der Waals surface area contributed by atoms with Crippen LogP contribution in [-0.4, -0.2) is 263 Å². The molecule has 4 fully saturated rings. The van der Waals surface area contributed by atoms with E-state index in [0.717, 1.165) is 39.1 Å². The molecule has 0 spiro atoms. The third kappa shape index (κ3) is 23.4. The first-order valence-corrected chi connectivity index (χ1v) is 30.1. The minimum atomic E-state index is -2.89. The number of nitriles is 1. The van der Waals surface area contributed by atoms with Crippen molar-refractivity contribution in [3.05, 3.63) is 70.3 Å². The lowest BCUT2D eigenvalue weighted by Gasteiger charge is -2.37. The average molecular weight is 1230 g/mol. The molecular formula is C60H85F2N13O13. The number of nitrogens with one attached hydrogen (secondary N) is 4. The molecule has 7 N–H and O–H groups in total. The molecule has 7 rings (SSSR count). The zero-order chi connectivity index (χ0) is 63.8. The SMILES string of the molecule is Cc1ccc(CCCC(=O)NCC(=O)NC(CCCCNC(=O)CN2CCN(CC(=O)O)CCN(CC(=O)O)CCN(CC(=O)O)CC2)C(=O)N2CCN(Cc3cccc4c3CN(C(=O)CC3CCNC3=O)C4)CC2)cc1.N#CC1CC(F)(F)CN1C=O. The third-order valence-electron chi connectivity index (χ3n) is 16.4. The highest BCUT2D eigenvalue weighted by Crippen LogP contribution is 2.31. The van der Waals surface area contributed by atoms with E-state index < -0.39 is 54.8 Å². The van der Waals surface area contributed by atoms with Gasteiger partial charge >= 0.3 is 17.9 Å². The van der Waals surface area contributed by atoms with E-state index in [1.807, 2.05) is 53.1 Å². The molecule has 482 valence electrons. The predicted octanol–water partition coefficient (Wildman–Crippen LogP) is -0.231. The molecule has 28 heteroatoms. The number of piperazine rings is 1. The number of hydrogen-bond donors (Lipinski definition) is 7. The van der Waals surface area contributed by atoms with Crippen molar-refractivity contribution in [3.63, 3.8) is 0 Å². The number of unbranched alkanes of at least 4 members (excludes halogenated alkanes) is 1. The monoisotopic (exact) mass is 1230 g/mol. The molecule has 5 heterocycles. The predicted molar refractivity (Wildman–Crippen MR) is 315 cm³/mol. The largest absolute Gasteiger partial charge is 0.480 e. The van der Waals surface area contributed by atoms with E-state index in [1.54, 1.807) is 25.7 Å². The van der Waals surface area contributed by atoms with E-state index in [9.17, 15) is 72.0 Å². The highest BCUT2D eigenvalue weighted by Gasteiger charge is 2.44. The van der Waals surface area contributed by atoms with Gasteiger partial charge in [-0.2, -0.15) is 5.26 Å². The minimum absolute atomic E-state index is 0.0293. The van der Waals surface area contributed by atoms with E-state index in [1.165, 1.54) is 0 Å². The lowest BCUT2D eigenvalue weighted by Crippen LogP contribution is -2.55. The van der Waals surface area contributed by atoms with Crippen molar-refractivity contribution in [2.45, 2.75) is 102 Å². The summed E-state index contributed by atoms with van der Waals surface area (Å²) in [6.45, 7) is 6.87. The van der Waals surface area contributed by atoms with Crippen LogP contribution in [-0.2, 0) is 74.0 Å². The van der Waals surface area contributed by atoms with Crippen molar-refractivity contribution in [2.24, 2.45) is 5.92 Å². The third-order valence-corrected chi connectivity index (χ3v) is 16.4. The van der Waals surface area contributed by atoms with Crippen LogP contribution in [0.2, 0.25) is 0 Å². The summed E-state index contributed by atoms with van der Waals surface area (Å²) in [5, 5.41) is 48.2. The summed E-state index contributed by atoms with van der Waals surface area (Å²) >= 11 is 0. The maximum absolute atomic E-state index is 14.3. The van der Waals surface area contributed by atoms with Crippen molar-refractivity contribution >= 4 is 59.8 Å². The Bertz CT molecular complexity index is 2750. The molecule has 5 aliphatic rings. The van der Waals surface area contributed by atoms with E-state index in [0.29, 0.717) is 91.1 Å². The fourth-order valence-electron chi connectivity index (χ4n) is 11.4.